The van der Waals surface area contributed by atoms with Crippen LogP contribution in [0.4, 0.5) is 0 Å². The first kappa shape index (κ1) is 15.2. The molecule has 0 nitrogen and oxygen atoms in total. The Kier molecular flexibility index (Phi) is 8.97. The highest BCUT2D eigenvalue weighted by Gasteiger charge is 1.96. The Bertz CT molecular complexity index is 349. The van der Waals surface area contributed by atoms with Crippen LogP contribution in [-0.4, -0.2) is 0 Å². The van der Waals surface area contributed by atoms with Crippen LogP contribution >= 0.6 is 22.9 Å². The third kappa shape index (κ3) is 4.82. The van der Waals surface area contributed by atoms with Gasteiger partial charge in [-0.3, -0.25) is 0 Å². The van der Waals surface area contributed by atoms with Gasteiger partial charge in [-0.1, -0.05) is 57.5 Å². The maximum Gasteiger partial charge on any atom is 0.0406 e. The summed E-state index contributed by atoms with van der Waals surface area (Å²) in [5, 5.41) is 2.86. The average Bonchev–Trinajstić information content (AvgIpc) is 2.89. The van der Waals surface area contributed by atoms with Gasteiger partial charge in [-0.2, -0.15) is 0 Å². The fourth-order valence-electron chi connectivity index (χ4n) is 1.06. The van der Waals surface area contributed by atoms with Crippen molar-refractivity contribution in [3.8, 4) is 10.4 Å². The molecule has 0 aliphatic rings. The summed E-state index contributed by atoms with van der Waals surface area (Å²) in [6.45, 7) is 8.00. The Hall–Kier alpha value is -0.790. The van der Waals surface area contributed by atoms with Gasteiger partial charge in [0.05, 0.1) is 0 Å². The molecule has 1 aromatic heterocycles. The van der Waals surface area contributed by atoms with Gasteiger partial charge in [-0.05, 0) is 29.1 Å². The van der Waals surface area contributed by atoms with Gasteiger partial charge in [0.2, 0.25) is 0 Å². The smallest absolute Gasteiger partial charge is 0.0406 e. The number of benzene rings is 1. The monoisotopic (exact) mass is 254 g/mol. The number of halogens is 1. The van der Waals surface area contributed by atoms with Gasteiger partial charge in [-0.15, -0.1) is 11.3 Å². The van der Waals surface area contributed by atoms with Crippen molar-refractivity contribution in [2.75, 3.05) is 0 Å². The molecule has 1 heterocycles. The third-order valence-electron chi connectivity index (χ3n) is 1.65. The van der Waals surface area contributed by atoms with Crippen LogP contribution < -0.4 is 0 Å². The van der Waals surface area contributed by atoms with E-state index in [4.69, 9.17) is 11.6 Å². The molecule has 0 bridgehead atoms. The van der Waals surface area contributed by atoms with Crippen LogP contribution in [0.5, 0.6) is 0 Å². The van der Waals surface area contributed by atoms with E-state index in [0.717, 1.165) is 5.02 Å². The lowest BCUT2D eigenvalue weighted by Crippen LogP contribution is -1.69. The zero-order chi connectivity index (χ0) is 12.4. The van der Waals surface area contributed by atoms with Crippen molar-refractivity contribution in [2.45, 2.75) is 27.7 Å². The van der Waals surface area contributed by atoms with Crippen molar-refractivity contribution in [2.24, 2.45) is 0 Å². The molecular weight excluding hydrogens is 236 g/mol. The molecule has 0 aliphatic heterocycles. The highest BCUT2D eigenvalue weighted by molar-refractivity contribution is 7.13. The average molecular weight is 255 g/mol. The lowest BCUT2D eigenvalue weighted by atomic mass is 10.2. The van der Waals surface area contributed by atoms with E-state index in [2.05, 4.69) is 17.5 Å². The van der Waals surface area contributed by atoms with E-state index in [0.29, 0.717) is 0 Å². The highest BCUT2D eigenvalue weighted by Crippen LogP contribution is 2.25. The Morgan fingerprint density at radius 3 is 1.88 bits per heavy atom. The van der Waals surface area contributed by atoms with Crippen LogP contribution in [0.3, 0.4) is 0 Å². The van der Waals surface area contributed by atoms with Crippen LogP contribution in [0.2, 0.25) is 5.02 Å². The summed E-state index contributed by atoms with van der Waals surface area (Å²) in [6.07, 6.45) is 0. The normalized spacial score (nSPS) is 8.31. The minimum Gasteiger partial charge on any atom is -0.144 e. The molecule has 2 rings (SSSR count). The summed E-state index contributed by atoms with van der Waals surface area (Å²) < 4.78 is 0. The molecule has 16 heavy (non-hydrogen) atoms. The second-order valence-corrected chi connectivity index (χ2v) is 3.87. The van der Waals surface area contributed by atoms with Crippen molar-refractivity contribution in [1.82, 2.24) is 0 Å². The summed E-state index contributed by atoms with van der Waals surface area (Å²) in [4.78, 5) is 1.28. The molecule has 0 unspecified atom stereocenters. The summed E-state index contributed by atoms with van der Waals surface area (Å²) >= 11 is 7.52. The lowest BCUT2D eigenvalue weighted by Gasteiger charge is -1.95. The molecule has 0 atom stereocenters. The Balaban J connectivity index is 0.000000509. The van der Waals surface area contributed by atoms with Crippen LogP contribution in [0.15, 0.2) is 41.8 Å². The first-order valence-corrected chi connectivity index (χ1v) is 6.91. The summed E-state index contributed by atoms with van der Waals surface area (Å²) in [6, 6.07) is 12.1. The van der Waals surface area contributed by atoms with Crippen LogP contribution in [0.1, 0.15) is 27.7 Å². The third-order valence-corrected chi connectivity index (χ3v) is 2.82. The van der Waals surface area contributed by atoms with E-state index in [1.165, 1.54) is 10.4 Å². The molecule has 0 fully saturated rings. The first-order valence-electron chi connectivity index (χ1n) is 5.66. The van der Waals surface area contributed by atoms with Gasteiger partial charge in [0.1, 0.15) is 0 Å². The Morgan fingerprint density at radius 2 is 1.44 bits per heavy atom. The van der Waals surface area contributed by atoms with Crippen molar-refractivity contribution in [1.29, 1.82) is 0 Å². The van der Waals surface area contributed by atoms with Gasteiger partial charge in [0, 0.05) is 9.90 Å². The predicted octanol–water partition coefficient (Wildman–Crippen LogP) is 6.12. The molecular formula is C14H19ClS. The van der Waals surface area contributed by atoms with Crippen molar-refractivity contribution < 1.29 is 0 Å². The molecule has 0 saturated carbocycles. The Labute approximate surface area is 108 Å². The Morgan fingerprint density at radius 1 is 0.875 bits per heavy atom. The largest absolute Gasteiger partial charge is 0.144 e. The number of hydrogen-bond donors (Lipinski definition) is 0. The maximum atomic E-state index is 5.78. The van der Waals surface area contributed by atoms with Gasteiger partial charge in [0.25, 0.3) is 0 Å². The van der Waals surface area contributed by atoms with Gasteiger partial charge >= 0.3 is 0 Å². The van der Waals surface area contributed by atoms with Gasteiger partial charge in [0.15, 0.2) is 0 Å². The van der Waals surface area contributed by atoms with Crippen LogP contribution in [0, 0.1) is 0 Å². The zero-order valence-corrected chi connectivity index (χ0v) is 11.9. The van der Waals surface area contributed by atoms with Gasteiger partial charge in [-0.25, -0.2) is 0 Å². The minimum atomic E-state index is 0.787. The van der Waals surface area contributed by atoms with E-state index in [1.54, 1.807) is 11.3 Å². The van der Waals surface area contributed by atoms with Crippen molar-refractivity contribution >= 4 is 22.9 Å². The number of rotatable bonds is 1. The molecule has 2 heteroatoms. The second-order valence-electron chi connectivity index (χ2n) is 2.48. The predicted molar refractivity (Wildman–Crippen MR) is 77.5 cm³/mol. The summed E-state index contributed by atoms with van der Waals surface area (Å²) in [5.41, 5.74) is 1.23. The quantitative estimate of drug-likeness (QED) is 0.575. The fraction of sp³-hybridized carbons (Fsp3) is 0.286. The summed E-state index contributed by atoms with van der Waals surface area (Å²) in [5.74, 6) is 0. The van der Waals surface area contributed by atoms with E-state index >= 15 is 0 Å². The molecule has 2 aromatic rings. The maximum absolute atomic E-state index is 5.78. The van der Waals surface area contributed by atoms with E-state index < -0.39 is 0 Å². The second kappa shape index (κ2) is 9.44. The SMILES string of the molecule is CC.CC.Clc1ccc(-c2cccs2)cc1. The number of thiophene rings is 1. The highest BCUT2D eigenvalue weighted by atomic mass is 35.5. The summed E-state index contributed by atoms with van der Waals surface area (Å²) in [7, 11) is 0. The first-order chi connectivity index (χ1) is 7.86. The minimum absolute atomic E-state index is 0.787. The molecule has 88 valence electrons. The van der Waals surface area contributed by atoms with Crippen LogP contribution in [-0.2, 0) is 0 Å². The molecule has 0 aliphatic carbocycles. The van der Waals surface area contributed by atoms with Crippen molar-refractivity contribution in [3.05, 3.63) is 46.8 Å². The van der Waals surface area contributed by atoms with E-state index in [-0.39, 0.29) is 0 Å². The number of hydrogen-bond acceptors (Lipinski definition) is 1. The lowest BCUT2D eigenvalue weighted by molar-refractivity contribution is 1.50. The molecule has 0 amide bonds. The zero-order valence-electron chi connectivity index (χ0n) is 10.3. The standard InChI is InChI=1S/C10H7ClS.2C2H6/c11-9-5-3-8(4-6-9)10-2-1-7-12-10;2*1-2/h1-7H;2*1-2H3. The van der Waals surface area contributed by atoms with E-state index in [9.17, 15) is 0 Å². The molecule has 1 aromatic carbocycles. The fourth-order valence-corrected chi connectivity index (χ4v) is 1.92. The molecule has 0 saturated heterocycles. The molecule has 0 N–H and O–H groups in total. The van der Waals surface area contributed by atoms with E-state index in [1.807, 2.05) is 52.0 Å². The van der Waals surface area contributed by atoms with Gasteiger partial charge < -0.3 is 0 Å². The van der Waals surface area contributed by atoms with Crippen molar-refractivity contribution in [3.63, 3.8) is 0 Å². The molecule has 0 radical (unpaired) electrons. The van der Waals surface area contributed by atoms with Crippen LogP contribution in [0.25, 0.3) is 10.4 Å². The topological polar surface area (TPSA) is 0 Å². The molecule has 0 spiro atoms.